The number of hydrogen-bond donors (Lipinski definition) is 2. The number of carbonyl (C=O) groups is 1. The van der Waals surface area contributed by atoms with Crippen LogP contribution in [0.2, 0.25) is 0 Å². The van der Waals surface area contributed by atoms with Crippen LogP contribution in [-0.4, -0.2) is 18.5 Å². The van der Waals surface area contributed by atoms with Crippen LogP contribution in [0.15, 0.2) is 24.3 Å². The third-order valence-electron chi connectivity index (χ3n) is 4.03. The molecular formula is C17H26N2O. The molecule has 1 aromatic rings. The molecule has 1 unspecified atom stereocenters. The van der Waals surface area contributed by atoms with Crippen molar-refractivity contribution in [2.45, 2.75) is 45.6 Å². The second-order valence-corrected chi connectivity index (χ2v) is 6.38. The lowest BCUT2D eigenvalue weighted by molar-refractivity contribution is -0.122. The van der Waals surface area contributed by atoms with Crippen LogP contribution in [0.1, 0.15) is 37.8 Å². The molecule has 1 amide bonds. The molecule has 0 aromatic heterocycles. The third-order valence-corrected chi connectivity index (χ3v) is 4.03. The predicted molar refractivity (Wildman–Crippen MR) is 82.4 cm³/mol. The number of rotatable bonds is 6. The van der Waals surface area contributed by atoms with Crippen molar-refractivity contribution < 1.29 is 4.79 Å². The summed E-state index contributed by atoms with van der Waals surface area (Å²) in [6, 6.07) is 8.70. The van der Waals surface area contributed by atoms with Crippen molar-refractivity contribution in [3.8, 4) is 0 Å². The summed E-state index contributed by atoms with van der Waals surface area (Å²) in [5.74, 6) is 1.05. The summed E-state index contributed by atoms with van der Waals surface area (Å²) in [5, 5.41) is 3.17. The van der Waals surface area contributed by atoms with Gasteiger partial charge < -0.3 is 11.1 Å². The fourth-order valence-corrected chi connectivity index (χ4v) is 3.14. The zero-order chi connectivity index (χ0) is 14.5. The molecule has 3 heteroatoms. The molecule has 20 heavy (non-hydrogen) atoms. The minimum absolute atomic E-state index is 0.152. The highest BCUT2D eigenvalue weighted by molar-refractivity contribution is 5.76. The maximum atomic E-state index is 12.1. The normalized spacial score (nSPS) is 16.2. The Morgan fingerprint density at radius 3 is 2.40 bits per heavy atom. The number of hydrogen-bond acceptors (Lipinski definition) is 2. The predicted octanol–water partition coefficient (Wildman–Crippen LogP) is 2.28. The molecular weight excluding hydrogens is 248 g/mol. The van der Waals surface area contributed by atoms with E-state index in [0.717, 1.165) is 19.3 Å². The van der Waals surface area contributed by atoms with Gasteiger partial charge in [0, 0.05) is 12.5 Å². The van der Waals surface area contributed by atoms with E-state index >= 15 is 0 Å². The molecule has 110 valence electrons. The number of nitrogens with one attached hydrogen (secondary N) is 1. The maximum Gasteiger partial charge on any atom is 0.220 e. The molecule has 1 aliphatic rings. The summed E-state index contributed by atoms with van der Waals surface area (Å²) in [5.41, 5.74) is 8.51. The van der Waals surface area contributed by atoms with Gasteiger partial charge in [0.15, 0.2) is 0 Å². The van der Waals surface area contributed by atoms with Gasteiger partial charge in [-0.3, -0.25) is 4.79 Å². The summed E-state index contributed by atoms with van der Waals surface area (Å²) >= 11 is 0. The van der Waals surface area contributed by atoms with Gasteiger partial charge in [0.05, 0.1) is 0 Å². The molecule has 3 nitrogen and oxygen atoms in total. The Labute approximate surface area is 121 Å². The first kappa shape index (κ1) is 15.0. The van der Waals surface area contributed by atoms with E-state index in [1.807, 2.05) is 0 Å². The average Bonchev–Trinajstić information content (AvgIpc) is 2.79. The highest BCUT2D eigenvalue weighted by Gasteiger charge is 2.23. The van der Waals surface area contributed by atoms with Crippen LogP contribution in [0.5, 0.6) is 0 Å². The van der Waals surface area contributed by atoms with Crippen LogP contribution in [0, 0.1) is 11.8 Å². The molecule has 0 heterocycles. The van der Waals surface area contributed by atoms with Crippen molar-refractivity contribution in [1.29, 1.82) is 0 Å². The molecule has 0 saturated carbocycles. The zero-order valence-corrected chi connectivity index (χ0v) is 12.6. The van der Waals surface area contributed by atoms with Crippen molar-refractivity contribution in [3.63, 3.8) is 0 Å². The van der Waals surface area contributed by atoms with Crippen LogP contribution < -0.4 is 11.1 Å². The Balaban J connectivity index is 1.81. The van der Waals surface area contributed by atoms with E-state index in [4.69, 9.17) is 5.73 Å². The summed E-state index contributed by atoms with van der Waals surface area (Å²) in [6.07, 6.45) is 3.50. The van der Waals surface area contributed by atoms with Gasteiger partial charge in [-0.05, 0) is 48.8 Å². The average molecular weight is 274 g/mol. The molecule has 1 aromatic carbocycles. The van der Waals surface area contributed by atoms with E-state index in [9.17, 15) is 4.79 Å². The molecule has 0 aliphatic heterocycles. The van der Waals surface area contributed by atoms with Crippen molar-refractivity contribution >= 4 is 5.91 Å². The van der Waals surface area contributed by atoms with Gasteiger partial charge in [0.2, 0.25) is 5.91 Å². The summed E-state index contributed by atoms with van der Waals surface area (Å²) in [7, 11) is 0. The second-order valence-electron chi connectivity index (χ2n) is 6.38. The first-order chi connectivity index (χ1) is 9.58. The smallest absolute Gasteiger partial charge is 0.220 e. The van der Waals surface area contributed by atoms with Crippen molar-refractivity contribution in [2.75, 3.05) is 6.54 Å². The lowest BCUT2D eigenvalue weighted by atomic mass is 9.94. The summed E-state index contributed by atoms with van der Waals surface area (Å²) in [4.78, 5) is 12.1. The monoisotopic (exact) mass is 274 g/mol. The van der Waals surface area contributed by atoms with Crippen LogP contribution >= 0.6 is 0 Å². The fourth-order valence-electron chi connectivity index (χ4n) is 3.14. The number of amides is 1. The third kappa shape index (κ3) is 4.07. The van der Waals surface area contributed by atoms with Crippen molar-refractivity contribution in [3.05, 3.63) is 35.4 Å². The van der Waals surface area contributed by atoms with Gasteiger partial charge in [0.1, 0.15) is 0 Å². The quantitative estimate of drug-likeness (QED) is 0.836. The van der Waals surface area contributed by atoms with Crippen LogP contribution in [0.3, 0.4) is 0 Å². The Hall–Kier alpha value is -1.35. The number of benzene rings is 1. The van der Waals surface area contributed by atoms with Gasteiger partial charge in [0.25, 0.3) is 0 Å². The molecule has 3 N–H and O–H groups in total. The van der Waals surface area contributed by atoms with E-state index in [1.54, 1.807) is 0 Å². The topological polar surface area (TPSA) is 55.1 Å². The minimum atomic E-state index is 0.152. The van der Waals surface area contributed by atoms with E-state index in [2.05, 4.69) is 43.4 Å². The van der Waals surface area contributed by atoms with E-state index in [0.29, 0.717) is 24.8 Å². The van der Waals surface area contributed by atoms with Gasteiger partial charge in [-0.25, -0.2) is 0 Å². The first-order valence-corrected chi connectivity index (χ1v) is 7.64. The van der Waals surface area contributed by atoms with Gasteiger partial charge >= 0.3 is 0 Å². The molecule has 1 atom stereocenters. The minimum Gasteiger partial charge on any atom is -0.353 e. The highest BCUT2D eigenvalue weighted by Crippen LogP contribution is 2.22. The highest BCUT2D eigenvalue weighted by atomic mass is 16.1. The van der Waals surface area contributed by atoms with E-state index in [1.165, 1.54) is 11.1 Å². The molecule has 0 spiro atoms. The first-order valence-electron chi connectivity index (χ1n) is 7.64. The molecule has 2 rings (SSSR count). The summed E-state index contributed by atoms with van der Waals surface area (Å²) < 4.78 is 0. The molecule has 1 aliphatic carbocycles. The lowest BCUT2D eigenvalue weighted by Crippen LogP contribution is -2.37. The molecule has 0 bridgehead atoms. The van der Waals surface area contributed by atoms with Gasteiger partial charge in [-0.15, -0.1) is 0 Å². The van der Waals surface area contributed by atoms with Gasteiger partial charge in [-0.2, -0.15) is 0 Å². The van der Waals surface area contributed by atoms with E-state index < -0.39 is 0 Å². The maximum absolute atomic E-state index is 12.1. The van der Waals surface area contributed by atoms with E-state index in [-0.39, 0.29) is 11.9 Å². The standard InChI is InChI=1S/C17H26N2O/c1-12(2)7-13(11-18)8-17(20)19-16-9-14-5-3-4-6-15(14)10-16/h3-6,12-13,16H,7-11,18H2,1-2H3,(H,19,20). The number of fused-ring (bicyclic) bond motifs is 1. The summed E-state index contributed by atoms with van der Waals surface area (Å²) in [6.45, 7) is 4.94. The van der Waals surface area contributed by atoms with Crippen LogP contribution in [0.25, 0.3) is 0 Å². The molecule has 0 fully saturated rings. The molecule has 0 saturated heterocycles. The van der Waals surface area contributed by atoms with Crippen molar-refractivity contribution in [2.24, 2.45) is 17.6 Å². The fraction of sp³-hybridized carbons (Fsp3) is 0.588. The lowest BCUT2D eigenvalue weighted by Gasteiger charge is -2.18. The Morgan fingerprint density at radius 1 is 1.30 bits per heavy atom. The SMILES string of the molecule is CC(C)CC(CN)CC(=O)NC1Cc2ccccc2C1. The molecule has 0 radical (unpaired) electrons. The Morgan fingerprint density at radius 2 is 1.90 bits per heavy atom. The Bertz CT molecular complexity index is 431. The largest absolute Gasteiger partial charge is 0.353 e. The van der Waals surface area contributed by atoms with Gasteiger partial charge in [-0.1, -0.05) is 38.1 Å². The van der Waals surface area contributed by atoms with Crippen molar-refractivity contribution in [1.82, 2.24) is 5.32 Å². The second kappa shape index (κ2) is 6.89. The Kier molecular flexibility index (Phi) is 5.18. The zero-order valence-electron chi connectivity index (χ0n) is 12.6. The number of nitrogens with two attached hydrogens (primary N) is 1. The van der Waals surface area contributed by atoms with Crippen LogP contribution in [-0.2, 0) is 17.6 Å². The van der Waals surface area contributed by atoms with Crippen LogP contribution in [0.4, 0.5) is 0 Å². The number of carbonyl (C=O) groups excluding carboxylic acids is 1.